The van der Waals surface area contributed by atoms with Crippen LogP contribution in [-0.4, -0.2) is 81.4 Å². The van der Waals surface area contributed by atoms with Gasteiger partial charge in [0.05, 0.1) is 6.04 Å². The van der Waals surface area contributed by atoms with Crippen molar-refractivity contribution in [2.24, 2.45) is 0 Å². The molecule has 1 unspecified atom stereocenters. The van der Waals surface area contributed by atoms with Crippen molar-refractivity contribution in [1.29, 1.82) is 0 Å². The minimum atomic E-state index is -3.48. The molecule has 0 spiro atoms. The van der Waals surface area contributed by atoms with Crippen LogP contribution in [0.3, 0.4) is 0 Å². The average molecular weight is 404 g/mol. The highest BCUT2D eigenvalue weighted by atomic mass is 32.2. The summed E-state index contributed by atoms with van der Waals surface area (Å²) in [6.45, 7) is 3.20. The summed E-state index contributed by atoms with van der Waals surface area (Å²) < 4.78 is 27.1. The third kappa shape index (κ3) is 4.88. The van der Waals surface area contributed by atoms with E-state index in [9.17, 15) is 8.42 Å². The molecule has 1 saturated heterocycles. The monoisotopic (exact) mass is 403 g/mol. The van der Waals surface area contributed by atoms with Crippen LogP contribution in [0.4, 0.5) is 5.82 Å². The quantitative estimate of drug-likeness (QED) is 0.759. The van der Waals surface area contributed by atoms with E-state index in [2.05, 4.69) is 32.2 Å². The largest absolute Gasteiger partial charge is 0.368 e. The molecule has 1 aromatic carbocycles. The molecule has 0 bridgehead atoms. The van der Waals surface area contributed by atoms with Crippen molar-refractivity contribution in [3.63, 3.8) is 0 Å². The molecule has 1 aliphatic rings. The van der Waals surface area contributed by atoms with E-state index in [4.69, 9.17) is 0 Å². The molecule has 1 aliphatic heterocycles. The van der Waals surface area contributed by atoms with E-state index < -0.39 is 10.0 Å². The first-order valence-corrected chi connectivity index (χ1v) is 10.9. The van der Waals surface area contributed by atoms with Crippen LogP contribution in [-0.2, 0) is 10.0 Å². The Morgan fingerprint density at radius 2 is 1.75 bits per heavy atom. The van der Waals surface area contributed by atoms with Gasteiger partial charge in [0.25, 0.3) is 0 Å². The van der Waals surface area contributed by atoms with Crippen LogP contribution in [0.15, 0.2) is 53.6 Å². The van der Waals surface area contributed by atoms with Crippen molar-refractivity contribution in [3.05, 3.63) is 54.2 Å². The van der Waals surface area contributed by atoms with Crippen LogP contribution >= 0.6 is 0 Å². The number of aromatic nitrogens is 1. The maximum atomic E-state index is 12.8. The van der Waals surface area contributed by atoms with Crippen LogP contribution in [0.1, 0.15) is 11.6 Å². The van der Waals surface area contributed by atoms with E-state index in [0.717, 1.165) is 13.1 Å². The van der Waals surface area contributed by atoms with Gasteiger partial charge in [0.1, 0.15) is 10.7 Å². The number of rotatable bonds is 7. The first-order chi connectivity index (χ1) is 13.4. The van der Waals surface area contributed by atoms with Gasteiger partial charge in [-0.3, -0.25) is 0 Å². The molecule has 8 heteroatoms. The average Bonchev–Trinajstić information content (AvgIpc) is 2.69. The number of sulfonamides is 1. The Bertz CT molecular complexity index is 848. The fourth-order valence-corrected chi connectivity index (χ4v) is 4.66. The number of nitrogens with one attached hydrogen (secondary N) is 1. The maximum absolute atomic E-state index is 12.8. The van der Waals surface area contributed by atoms with Crippen LogP contribution in [0.25, 0.3) is 0 Å². The van der Waals surface area contributed by atoms with Crippen molar-refractivity contribution in [1.82, 2.24) is 19.1 Å². The van der Waals surface area contributed by atoms with Gasteiger partial charge in [0, 0.05) is 38.9 Å². The molecule has 152 valence electrons. The van der Waals surface area contributed by atoms with Gasteiger partial charge < -0.3 is 15.1 Å². The third-order valence-electron chi connectivity index (χ3n) is 5.12. The highest BCUT2D eigenvalue weighted by molar-refractivity contribution is 7.89. The Hall–Kier alpha value is -2.00. The number of benzene rings is 1. The Kier molecular flexibility index (Phi) is 6.66. The lowest BCUT2D eigenvalue weighted by Crippen LogP contribution is -2.47. The van der Waals surface area contributed by atoms with Crippen LogP contribution < -0.4 is 5.32 Å². The molecule has 3 rings (SSSR count). The van der Waals surface area contributed by atoms with E-state index in [1.807, 2.05) is 39.3 Å². The van der Waals surface area contributed by atoms with Crippen molar-refractivity contribution in [2.75, 3.05) is 59.2 Å². The smallest absolute Gasteiger partial charge is 0.244 e. The van der Waals surface area contributed by atoms with Gasteiger partial charge >= 0.3 is 0 Å². The lowest BCUT2D eigenvalue weighted by atomic mass is 10.1. The molecule has 0 radical (unpaired) electrons. The Morgan fingerprint density at radius 1 is 1.07 bits per heavy atom. The fraction of sp³-hybridized carbons (Fsp3) is 0.450. The topological polar surface area (TPSA) is 68.8 Å². The molecule has 2 aromatic rings. The molecule has 7 nitrogen and oxygen atoms in total. The van der Waals surface area contributed by atoms with Crippen LogP contribution in [0.2, 0.25) is 0 Å². The second-order valence-corrected chi connectivity index (χ2v) is 9.30. The summed E-state index contributed by atoms with van der Waals surface area (Å²) in [4.78, 5) is 8.86. The molecule has 1 fully saturated rings. The van der Waals surface area contributed by atoms with Gasteiger partial charge in [-0.2, -0.15) is 4.31 Å². The zero-order valence-corrected chi connectivity index (χ0v) is 17.6. The van der Waals surface area contributed by atoms with E-state index in [1.165, 1.54) is 16.1 Å². The molecule has 2 heterocycles. The number of hydrogen-bond donors (Lipinski definition) is 1. The molecule has 0 aliphatic carbocycles. The zero-order valence-electron chi connectivity index (χ0n) is 16.7. The summed E-state index contributed by atoms with van der Waals surface area (Å²) in [5.41, 5.74) is 1.22. The minimum Gasteiger partial charge on any atom is -0.368 e. The third-order valence-corrected chi connectivity index (χ3v) is 7.00. The predicted octanol–water partition coefficient (Wildman–Crippen LogP) is 1.73. The predicted molar refractivity (Wildman–Crippen MR) is 112 cm³/mol. The summed E-state index contributed by atoms with van der Waals surface area (Å²) >= 11 is 0. The standard InChI is InChI=1S/C20H29N5O2S/c1-23(2)19(17-7-5-4-6-8-17)16-22-20-10-9-18(15-21-20)28(26,27)25-13-11-24(3)12-14-25/h4-10,15,19H,11-14,16H2,1-3H3,(H,21,22). The fourth-order valence-electron chi connectivity index (χ4n) is 3.29. The van der Waals surface area contributed by atoms with Gasteiger partial charge in [0.2, 0.25) is 10.0 Å². The number of likely N-dealkylation sites (N-methyl/N-ethyl adjacent to an activating group) is 2. The first kappa shape index (κ1) is 20.7. The lowest BCUT2D eigenvalue weighted by molar-refractivity contribution is 0.222. The highest BCUT2D eigenvalue weighted by Gasteiger charge is 2.27. The molecule has 1 N–H and O–H groups in total. The van der Waals surface area contributed by atoms with E-state index in [0.29, 0.717) is 25.5 Å². The SMILES string of the molecule is CN1CCN(S(=O)(=O)c2ccc(NCC(c3ccccc3)N(C)C)nc2)CC1. The van der Waals surface area contributed by atoms with Gasteiger partial charge in [-0.05, 0) is 38.8 Å². The van der Waals surface area contributed by atoms with Crippen molar-refractivity contribution >= 4 is 15.8 Å². The van der Waals surface area contributed by atoms with Gasteiger partial charge in [0.15, 0.2) is 0 Å². The maximum Gasteiger partial charge on any atom is 0.244 e. The summed E-state index contributed by atoms with van der Waals surface area (Å²) in [7, 11) is 2.60. The van der Waals surface area contributed by atoms with E-state index in [1.54, 1.807) is 12.1 Å². The summed E-state index contributed by atoms with van der Waals surface area (Å²) in [6, 6.07) is 13.8. The Morgan fingerprint density at radius 3 is 2.32 bits per heavy atom. The highest BCUT2D eigenvalue weighted by Crippen LogP contribution is 2.20. The van der Waals surface area contributed by atoms with Crippen molar-refractivity contribution in [2.45, 2.75) is 10.9 Å². The number of nitrogens with zero attached hydrogens (tertiary/aromatic N) is 4. The molecule has 1 atom stereocenters. The zero-order chi connectivity index (χ0) is 20.1. The number of piperazine rings is 1. The molecule has 0 saturated carbocycles. The van der Waals surface area contributed by atoms with E-state index >= 15 is 0 Å². The molecular formula is C20H29N5O2S. The number of anilines is 1. The summed E-state index contributed by atoms with van der Waals surface area (Å²) in [5, 5.41) is 3.32. The second-order valence-electron chi connectivity index (χ2n) is 7.36. The summed E-state index contributed by atoms with van der Waals surface area (Å²) in [5.74, 6) is 0.667. The lowest BCUT2D eigenvalue weighted by Gasteiger charge is -2.31. The first-order valence-electron chi connectivity index (χ1n) is 9.48. The Balaban J connectivity index is 1.65. The molecular weight excluding hydrogens is 374 g/mol. The van der Waals surface area contributed by atoms with Gasteiger partial charge in [-0.25, -0.2) is 13.4 Å². The van der Waals surface area contributed by atoms with Crippen LogP contribution in [0.5, 0.6) is 0 Å². The second kappa shape index (κ2) is 9.00. The van der Waals surface area contributed by atoms with Gasteiger partial charge in [-0.1, -0.05) is 30.3 Å². The van der Waals surface area contributed by atoms with Crippen molar-refractivity contribution < 1.29 is 8.42 Å². The van der Waals surface area contributed by atoms with E-state index in [-0.39, 0.29) is 10.9 Å². The molecule has 28 heavy (non-hydrogen) atoms. The Labute approximate surface area is 168 Å². The van der Waals surface area contributed by atoms with Crippen LogP contribution in [0, 0.1) is 0 Å². The van der Waals surface area contributed by atoms with Gasteiger partial charge in [-0.15, -0.1) is 0 Å². The molecule has 0 amide bonds. The number of hydrogen-bond acceptors (Lipinski definition) is 6. The van der Waals surface area contributed by atoms with Crippen molar-refractivity contribution in [3.8, 4) is 0 Å². The summed E-state index contributed by atoms with van der Waals surface area (Å²) in [6.07, 6.45) is 1.45. The minimum absolute atomic E-state index is 0.191. The molecule has 1 aromatic heterocycles. The number of pyridine rings is 1. The normalized spacial score (nSPS) is 17.6.